The van der Waals surface area contributed by atoms with E-state index in [0.29, 0.717) is 12.6 Å². The van der Waals surface area contributed by atoms with Crippen LogP contribution in [0.1, 0.15) is 41.3 Å². The third-order valence-corrected chi connectivity index (χ3v) is 5.31. The van der Waals surface area contributed by atoms with Gasteiger partial charge in [0.1, 0.15) is 0 Å². The fourth-order valence-electron chi connectivity index (χ4n) is 2.99. The molecule has 1 aromatic carbocycles. The summed E-state index contributed by atoms with van der Waals surface area (Å²) in [6, 6.07) is 11.4. The van der Waals surface area contributed by atoms with Crippen molar-refractivity contribution in [3.05, 3.63) is 57.8 Å². The number of hydrogen-bond acceptors (Lipinski definition) is 3. The fourth-order valence-corrected chi connectivity index (χ4v) is 3.77. The Kier molecular flexibility index (Phi) is 5.38. The highest BCUT2D eigenvalue weighted by Gasteiger charge is 2.34. The van der Waals surface area contributed by atoms with Crippen molar-refractivity contribution < 1.29 is 9.59 Å². The lowest BCUT2D eigenvalue weighted by Crippen LogP contribution is -2.38. The predicted molar refractivity (Wildman–Crippen MR) is 99.1 cm³/mol. The summed E-state index contributed by atoms with van der Waals surface area (Å²) in [6.07, 6.45) is 2.32. The van der Waals surface area contributed by atoms with Crippen molar-refractivity contribution in [2.75, 3.05) is 0 Å². The lowest BCUT2D eigenvalue weighted by Gasteiger charge is -2.25. The highest BCUT2D eigenvalue weighted by Crippen LogP contribution is 2.31. The molecule has 1 aliphatic carbocycles. The largest absolute Gasteiger partial charge is 0.352 e. The second kappa shape index (κ2) is 7.70. The van der Waals surface area contributed by atoms with Gasteiger partial charge in [-0.05, 0) is 36.8 Å². The molecule has 132 valence electrons. The van der Waals surface area contributed by atoms with Crippen LogP contribution in [0.4, 0.5) is 4.79 Å². The van der Waals surface area contributed by atoms with Gasteiger partial charge in [-0.15, -0.1) is 11.3 Å². The van der Waals surface area contributed by atoms with E-state index in [2.05, 4.69) is 24.4 Å². The maximum atomic E-state index is 12.9. The van der Waals surface area contributed by atoms with Crippen LogP contribution < -0.4 is 11.1 Å². The fraction of sp³-hybridized carbons (Fsp3) is 0.368. The van der Waals surface area contributed by atoms with E-state index in [1.807, 2.05) is 34.5 Å². The summed E-state index contributed by atoms with van der Waals surface area (Å²) in [7, 11) is 0. The maximum Gasteiger partial charge on any atom is 0.312 e. The monoisotopic (exact) mass is 357 g/mol. The second-order valence-corrected chi connectivity index (χ2v) is 7.50. The second-order valence-electron chi connectivity index (χ2n) is 6.52. The van der Waals surface area contributed by atoms with Crippen LogP contribution in [0, 0.1) is 6.92 Å². The number of amides is 3. The number of nitrogens with one attached hydrogen (secondary N) is 1. The van der Waals surface area contributed by atoms with E-state index in [-0.39, 0.29) is 18.4 Å². The predicted octanol–water partition coefficient (Wildman–Crippen LogP) is 3.35. The standard InChI is InChI=1S/C19H23N3O2S/c1-13-4-2-5-14(10-13)12-22(15-7-8-15)18(23)11-16(21-19(20)24)17-6-3-9-25-17/h2-6,9-10,15-16H,7-8,11-12H2,1H3,(H3,20,21,24). The van der Waals surface area contributed by atoms with E-state index < -0.39 is 6.03 Å². The number of carbonyl (C=O) groups excluding carboxylic acids is 2. The molecule has 5 nitrogen and oxygen atoms in total. The number of nitrogens with two attached hydrogens (primary N) is 1. The summed E-state index contributed by atoms with van der Waals surface area (Å²) in [5.41, 5.74) is 7.62. The molecule has 1 unspecified atom stereocenters. The number of hydrogen-bond donors (Lipinski definition) is 2. The number of benzene rings is 1. The molecule has 1 atom stereocenters. The van der Waals surface area contributed by atoms with Crippen molar-refractivity contribution in [3.8, 4) is 0 Å². The topological polar surface area (TPSA) is 75.4 Å². The Hall–Kier alpha value is -2.34. The Labute approximate surface area is 151 Å². The maximum absolute atomic E-state index is 12.9. The van der Waals surface area contributed by atoms with Gasteiger partial charge in [-0.1, -0.05) is 35.9 Å². The van der Waals surface area contributed by atoms with E-state index in [1.165, 1.54) is 16.9 Å². The van der Waals surface area contributed by atoms with Crippen LogP contribution in [0.15, 0.2) is 41.8 Å². The van der Waals surface area contributed by atoms with E-state index in [9.17, 15) is 9.59 Å². The Balaban J connectivity index is 1.72. The molecule has 3 amide bonds. The number of rotatable bonds is 7. The first-order valence-corrected chi connectivity index (χ1v) is 9.35. The van der Waals surface area contributed by atoms with Crippen LogP contribution in [0.3, 0.4) is 0 Å². The van der Waals surface area contributed by atoms with Gasteiger partial charge in [0.25, 0.3) is 0 Å². The van der Waals surface area contributed by atoms with E-state index in [1.54, 1.807) is 0 Å². The zero-order valence-corrected chi connectivity index (χ0v) is 15.1. The molecule has 0 radical (unpaired) electrons. The smallest absolute Gasteiger partial charge is 0.312 e. The van der Waals surface area contributed by atoms with Crippen LogP contribution in [-0.4, -0.2) is 22.9 Å². The number of primary amides is 1. The molecule has 1 heterocycles. The lowest BCUT2D eigenvalue weighted by atomic mass is 10.1. The van der Waals surface area contributed by atoms with Crippen LogP contribution in [-0.2, 0) is 11.3 Å². The molecule has 0 aliphatic heterocycles. The Morgan fingerprint density at radius 1 is 1.32 bits per heavy atom. The molecule has 3 N–H and O–H groups in total. The SMILES string of the molecule is Cc1cccc(CN(C(=O)CC(NC(N)=O)c2cccs2)C2CC2)c1. The molecule has 25 heavy (non-hydrogen) atoms. The quantitative estimate of drug-likeness (QED) is 0.797. The number of aryl methyl sites for hydroxylation is 1. The van der Waals surface area contributed by atoms with Gasteiger partial charge in [0.2, 0.25) is 5.91 Å². The first-order chi connectivity index (χ1) is 12.0. The van der Waals surface area contributed by atoms with Crippen molar-refractivity contribution in [2.45, 2.75) is 44.8 Å². The van der Waals surface area contributed by atoms with Crippen LogP contribution in [0.5, 0.6) is 0 Å². The molecule has 1 aliphatic rings. The zero-order valence-electron chi connectivity index (χ0n) is 14.3. The number of thiophene rings is 1. The van der Waals surface area contributed by atoms with Crippen LogP contribution >= 0.6 is 11.3 Å². The minimum atomic E-state index is -0.608. The number of carbonyl (C=O) groups is 2. The minimum Gasteiger partial charge on any atom is -0.352 e. The van der Waals surface area contributed by atoms with Crippen molar-refractivity contribution in [1.82, 2.24) is 10.2 Å². The highest BCUT2D eigenvalue weighted by molar-refractivity contribution is 7.10. The first-order valence-electron chi connectivity index (χ1n) is 8.47. The lowest BCUT2D eigenvalue weighted by molar-refractivity contribution is -0.132. The number of urea groups is 1. The summed E-state index contributed by atoms with van der Waals surface area (Å²) in [5.74, 6) is 0.0520. The molecule has 1 saturated carbocycles. The highest BCUT2D eigenvalue weighted by atomic mass is 32.1. The normalized spacial score (nSPS) is 14.8. The molecule has 6 heteroatoms. The molecule has 3 rings (SSSR count). The Morgan fingerprint density at radius 2 is 2.12 bits per heavy atom. The molecule has 0 bridgehead atoms. The number of nitrogens with zero attached hydrogens (tertiary/aromatic N) is 1. The summed E-state index contributed by atoms with van der Waals surface area (Å²) in [4.78, 5) is 27.1. The van der Waals surface area contributed by atoms with Gasteiger partial charge in [-0.3, -0.25) is 4.79 Å². The van der Waals surface area contributed by atoms with E-state index in [0.717, 1.165) is 23.3 Å². The van der Waals surface area contributed by atoms with Gasteiger partial charge in [0, 0.05) is 17.5 Å². The van der Waals surface area contributed by atoms with Crippen molar-refractivity contribution in [3.63, 3.8) is 0 Å². The van der Waals surface area contributed by atoms with Gasteiger partial charge in [0.05, 0.1) is 12.5 Å². The van der Waals surface area contributed by atoms with Gasteiger partial charge < -0.3 is 16.0 Å². The third-order valence-electron chi connectivity index (χ3n) is 4.33. The van der Waals surface area contributed by atoms with Gasteiger partial charge in [-0.25, -0.2) is 4.79 Å². The van der Waals surface area contributed by atoms with E-state index in [4.69, 9.17) is 5.73 Å². The average Bonchev–Trinajstić information content (AvgIpc) is 3.24. The summed E-state index contributed by atoms with van der Waals surface area (Å²) in [5, 5.41) is 4.63. The molecule has 0 saturated heterocycles. The molecule has 0 spiro atoms. The van der Waals surface area contributed by atoms with Crippen molar-refractivity contribution >= 4 is 23.3 Å². The van der Waals surface area contributed by atoms with E-state index >= 15 is 0 Å². The average molecular weight is 357 g/mol. The molecule has 2 aromatic rings. The summed E-state index contributed by atoms with van der Waals surface area (Å²) < 4.78 is 0. The molecular weight excluding hydrogens is 334 g/mol. The van der Waals surface area contributed by atoms with Crippen molar-refractivity contribution in [2.24, 2.45) is 5.73 Å². The molecule has 1 fully saturated rings. The Bertz CT molecular complexity index is 741. The molecular formula is C19H23N3O2S. The molecule has 1 aromatic heterocycles. The van der Waals surface area contributed by atoms with Crippen LogP contribution in [0.2, 0.25) is 0 Å². The first kappa shape index (κ1) is 17.5. The van der Waals surface area contributed by atoms with Crippen molar-refractivity contribution in [1.29, 1.82) is 0 Å². The zero-order chi connectivity index (χ0) is 17.8. The summed E-state index contributed by atoms with van der Waals surface area (Å²) in [6.45, 7) is 2.66. The third kappa shape index (κ3) is 4.82. The van der Waals surface area contributed by atoms with Gasteiger partial charge >= 0.3 is 6.03 Å². The Morgan fingerprint density at radius 3 is 2.72 bits per heavy atom. The van der Waals surface area contributed by atoms with Gasteiger partial charge in [-0.2, -0.15) is 0 Å². The minimum absolute atomic E-state index is 0.0520. The van der Waals surface area contributed by atoms with Gasteiger partial charge in [0.15, 0.2) is 0 Å². The summed E-state index contributed by atoms with van der Waals surface area (Å²) >= 11 is 1.52. The van der Waals surface area contributed by atoms with Crippen LogP contribution in [0.25, 0.3) is 0 Å².